The molecular formula is C22H23NO5. The standard InChI is InChI=1S/C22H23NO5/c1-4-25-18-10-8-7-9-15(18)13-17-22(24)28-21(23-17)16-11-12-19(26-5-2)20(14-16)27-6-3/h7-14H,4-6H2,1-3H3/b17-13-. The lowest BCUT2D eigenvalue weighted by Crippen LogP contribution is -2.06. The van der Waals surface area contributed by atoms with E-state index in [1.807, 2.05) is 45.0 Å². The molecule has 0 bridgehead atoms. The van der Waals surface area contributed by atoms with Crippen LogP contribution in [0.2, 0.25) is 0 Å². The predicted molar refractivity (Wildman–Crippen MR) is 107 cm³/mol. The first-order valence-corrected chi connectivity index (χ1v) is 9.30. The molecule has 0 aromatic heterocycles. The highest BCUT2D eigenvalue weighted by atomic mass is 16.6. The van der Waals surface area contributed by atoms with Gasteiger partial charge in [-0.1, -0.05) is 18.2 Å². The Balaban J connectivity index is 1.93. The molecule has 0 aliphatic carbocycles. The van der Waals surface area contributed by atoms with Gasteiger partial charge in [0.05, 0.1) is 19.8 Å². The van der Waals surface area contributed by atoms with Crippen LogP contribution in [0.1, 0.15) is 31.9 Å². The van der Waals surface area contributed by atoms with Crippen LogP contribution in [-0.4, -0.2) is 31.7 Å². The van der Waals surface area contributed by atoms with Crippen LogP contribution in [0, 0.1) is 0 Å². The van der Waals surface area contributed by atoms with Crippen LogP contribution < -0.4 is 14.2 Å². The summed E-state index contributed by atoms with van der Waals surface area (Å²) >= 11 is 0. The van der Waals surface area contributed by atoms with Gasteiger partial charge in [-0.15, -0.1) is 0 Å². The zero-order chi connectivity index (χ0) is 19.9. The molecule has 1 heterocycles. The van der Waals surface area contributed by atoms with Crippen molar-refractivity contribution in [2.24, 2.45) is 4.99 Å². The second-order valence-corrected chi connectivity index (χ2v) is 5.83. The highest BCUT2D eigenvalue weighted by Crippen LogP contribution is 2.31. The monoisotopic (exact) mass is 381 g/mol. The van der Waals surface area contributed by atoms with Gasteiger partial charge in [0.25, 0.3) is 0 Å². The van der Waals surface area contributed by atoms with Gasteiger partial charge in [-0.2, -0.15) is 0 Å². The van der Waals surface area contributed by atoms with Crippen LogP contribution in [0.5, 0.6) is 17.2 Å². The molecule has 1 aliphatic rings. The van der Waals surface area contributed by atoms with E-state index in [1.54, 1.807) is 24.3 Å². The number of benzene rings is 2. The van der Waals surface area contributed by atoms with Crippen molar-refractivity contribution in [3.05, 3.63) is 59.3 Å². The number of nitrogens with zero attached hydrogens (tertiary/aromatic N) is 1. The lowest BCUT2D eigenvalue weighted by atomic mass is 10.1. The number of cyclic esters (lactones) is 1. The number of carbonyl (C=O) groups is 1. The van der Waals surface area contributed by atoms with E-state index in [1.165, 1.54) is 0 Å². The van der Waals surface area contributed by atoms with Crippen LogP contribution in [-0.2, 0) is 9.53 Å². The molecule has 1 aliphatic heterocycles. The molecule has 0 fully saturated rings. The third-order valence-corrected chi connectivity index (χ3v) is 3.92. The van der Waals surface area contributed by atoms with Gasteiger partial charge < -0.3 is 18.9 Å². The molecule has 0 amide bonds. The van der Waals surface area contributed by atoms with Crippen molar-refractivity contribution < 1.29 is 23.7 Å². The summed E-state index contributed by atoms with van der Waals surface area (Å²) in [7, 11) is 0. The van der Waals surface area contributed by atoms with Gasteiger partial charge in [0.15, 0.2) is 17.2 Å². The second-order valence-electron chi connectivity index (χ2n) is 5.83. The predicted octanol–water partition coefficient (Wildman–Crippen LogP) is 4.23. The van der Waals surface area contributed by atoms with Gasteiger partial charge >= 0.3 is 5.97 Å². The Morgan fingerprint density at radius 2 is 1.57 bits per heavy atom. The number of para-hydroxylation sites is 1. The summed E-state index contributed by atoms with van der Waals surface area (Å²) in [5.41, 5.74) is 1.62. The average molecular weight is 381 g/mol. The first-order valence-electron chi connectivity index (χ1n) is 9.30. The van der Waals surface area contributed by atoms with Crippen molar-refractivity contribution >= 4 is 17.9 Å². The van der Waals surface area contributed by atoms with E-state index in [4.69, 9.17) is 18.9 Å². The molecule has 0 radical (unpaired) electrons. The Kier molecular flexibility index (Phi) is 6.32. The summed E-state index contributed by atoms with van der Waals surface area (Å²) in [5.74, 6) is 1.63. The summed E-state index contributed by atoms with van der Waals surface area (Å²) in [4.78, 5) is 16.7. The van der Waals surface area contributed by atoms with Crippen molar-refractivity contribution in [3.63, 3.8) is 0 Å². The number of ether oxygens (including phenoxy) is 4. The third kappa shape index (κ3) is 4.34. The Morgan fingerprint density at radius 1 is 0.893 bits per heavy atom. The lowest BCUT2D eigenvalue weighted by Gasteiger charge is -2.11. The van der Waals surface area contributed by atoms with E-state index in [0.717, 1.165) is 5.56 Å². The number of carbonyl (C=O) groups excluding carboxylic acids is 1. The zero-order valence-corrected chi connectivity index (χ0v) is 16.2. The second kappa shape index (κ2) is 9.08. The minimum absolute atomic E-state index is 0.217. The van der Waals surface area contributed by atoms with Gasteiger partial charge in [0.1, 0.15) is 5.75 Å². The Labute approximate surface area is 164 Å². The summed E-state index contributed by atoms with van der Waals surface area (Å²) < 4.78 is 22.2. The number of hydrogen-bond donors (Lipinski definition) is 0. The molecule has 2 aromatic carbocycles. The van der Waals surface area contributed by atoms with E-state index in [9.17, 15) is 4.79 Å². The fourth-order valence-corrected chi connectivity index (χ4v) is 2.75. The van der Waals surface area contributed by atoms with Crippen LogP contribution in [0.15, 0.2) is 53.2 Å². The minimum atomic E-state index is -0.506. The summed E-state index contributed by atoms with van der Waals surface area (Å²) in [5, 5.41) is 0. The first-order chi connectivity index (χ1) is 13.7. The molecule has 0 unspecified atom stereocenters. The molecule has 28 heavy (non-hydrogen) atoms. The lowest BCUT2D eigenvalue weighted by molar-refractivity contribution is -0.129. The molecule has 146 valence electrons. The third-order valence-electron chi connectivity index (χ3n) is 3.92. The molecule has 6 heteroatoms. The smallest absolute Gasteiger partial charge is 0.363 e. The van der Waals surface area contributed by atoms with E-state index in [0.29, 0.717) is 42.6 Å². The SMILES string of the molecule is CCOc1ccccc1/C=C1\N=C(c2ccc(OCC)c(OCC)c2)OC1=O. The normalized spacial score (nSPS) is 14.6. The summed E-state index contributed by atoms with van der Waals surface area (Å²) in [6, 6.07) is 12.8. The maximum atomic E-state index is 12.3. The van der Waals surface area contributed by atoms with Gasteiger partial charge in [0, 0.05) is 11.1 Å². The maximum Gasteiger partial charge on any atom is 0.363 e. The molecular weight excluding hydrogens is 358 g/mol. The van der Waals surface area contributed by atoms with Crippen molar-refractivity contribution in [2.75, 3.05) is 19.8 Å². The van der Waals surface area contributed by atoms with Gasteiger partial charge in [0.2, 0.25) is 5.90 Å². The van der Waals surface area contributed by atoms with Crippen LogP contribution in [0.4, 0.5) is 0 Å². The number of esters is 1. The summed E-state index contributed by atoms with van der Waals surface area (Å²) in [6.45, 7) is 7.27. The highest BCUT2D eigenvalue weighted by Gasteiger charge is 2.25. The number of hydrogen-bond acceptors (Lipinski definition) is 6. The Morgan fingerprint density at radius 3 is 2.32 bits per heavy atom. The topological polar surface area (TPSA) is 66.3 Å². The molecule has 0 atom stereocenters. The highest BCUT2D eigenvalue weighted by molar-refractivity contribution is 6.13. The Hall–Kier alpha value is -3.28. The maximum absolute atomic E-state index is 12.3. The van der Waals surface area contributed by atoms with Gasteiger partial charge in [-0.3, -0.25) is 0 Å². The largest absolute Gasteiger partial charge is 0.493 e. The zero-order valence-electron chi connectivity index (χ0n) is 16.2. The molecule has 2 aromatic rings. The van der Waals surface area contributed by atoms with E-state index < -0.39 is 5.97 Å². The van der Waals surface area contributed by atoms with E-state index >= 15 is 0 Å². The van der Waals surface area contributed by atoms with Crippen molar-refractivity contribution in [3.8, 4) is 17.2 Å². The van der Waals surface area contributed by atoms with E-state index in [2.05, 4.69) is 4.99 Å². The molecule has 6 nitrogen and oxygen atoms in total. The van der Waals surface area contributed by atoms with Crippen molar-refractivity contribution in [2.45, 2.75) is 20.8 Å². The average Bonchev–Trinajstić information content (AvgIpc) is 3.06. The van der Waals surface area contributed by atoms with Crippen LogP contribution in [0.25, 0.3) is 6.08 Å². The minimum Gasteiger partial charge on any atom is -0.493 e. The molecule has 0 spiro atoms. The quantitative estimate of drug-likeness (QED) is 0.506. The molecule has 0 saturated heterocycles. The number of rotatable bonds is 8. The first kappa shape index (κ1) is 19.5. The fourth-order valence-electron chi connectivity index (χ4n) is 2.75. The van der Waals surface area contributed by atoms with Gasteiger partial charge in [-0.25, -0.2) is 9.79 Å². The van der Waals surface area contributed by atoms with Crippen molar-refractivity contribution in [1.29, 1.82) is 0 Å². The Bertz CT molecular complexity index is 917. The fraction of sp³-hybridized carbons (Fsp3) is 0.273. The molecule has 0 N–H and O–H groups in total. The van der Waals surface area contributed by atoms with Crippen molar-refractivity contribution in [1.82, 2.24) is 0 Å². The molecule has 3 rings (SSSR count). The molecule has 0 saturated carbocycles. The van der Waals surface area contributed by atoms with Crippen LogP contribution in [0.3, 0.4) is 0 Å². The van der Waals surface area contributed by atoms with E-state index in [-0.39, 0.29) is 11.6 Å². The van der Waals surface area contributed by atoms with Gasteiger partial charge in [-0.05, 0) is 51.1 Å². The van der Waals surface area contributed by atoms with Crippen LogP contribution >= 0.6 is 0 Å². The number of aliphatic imine (C=N–C) groups is 1. The summed E-state index contributed by atoms with van der Waals surface area (Å²) in [6.07, 6.45) is 1.67.